The Kier molecular flexibility index (Phi) is 5.32. The van der Waals surface area contributed by atoms with Crippen LogP contribution in [0.3, 0.4) is 0 Å². The first-order chi connectivity index (χ1) is 13.5. The van der Waals surface area contributed by atoms with Crippen LogP contribution in [0.2, 0.25) is 0 Å². The van der Waals surface area contributed by atoms with Gasteiger partial charge >= 0.3 is 5.97 Å². The van der Waals surface area contributed by atoms with Crippen molar-refractivity contribution >= 4 is 5.97 Å². The van der Waals surface area contributed by atoms with Crippen molar-refractivity contribution in [3.63, 3.8) is 0 Å². The summed E-state index contributed by atoms with van der Waals surface area (Å²) < 4.78 is 17.2. The molecule has 4 heteroatoms. The number of hydrogen-bond acceptors (Lipinski definition) is 4. The molecule has 28 heavy (non-hydrogen) atoms. The molecule has 3 aliphatic rings. The Morgan fingerprint density at radius 1 is 1.14 bits per heavy atom. The van der Waals surface area contributed by atoms with Crippen LogP contribution in [0.15, 0.2) is 12.1 Å². The SMILES string of the molecule is CCC[C@]12CC[C@@H]3c4c(cc(OC)cc4OC)CC[C@@H]3[C@@H]1CC[C@@H]2OC(C)=O. The van der Waals surface area contributed by atoms with E-state index in [0.29, 0.717) is 17.8 Å². The second kappa shape index (κ2) is 7.61. The molecule has 0 aromatic heterocycles. The summed E-state index contributed by atoms with van der Waals surface area (Å²) in [5.74, 6) is 3.62. The van der Waals surface area contributed by atoms with Crippen LogP contribution in [0.5, 0.6) is 11.5 Å². The maximum atomic E-state index is 11.8. The molecule has 1 aromatic carbocycles. The van der Waals surface area contributed by atoms with E-state index in [9.17, 15) is 4.79 Å². The molecule has 4 rings (SSSR count). The highest BCUT2D eigenvalue weighted by Crippen LogP contribution is 2.64. The van der Waals surface area contributed by atoms with Gasteiger partial charge < -0.3 is 14.2 Å². The highest BCUT2D eigenvalue weighted by atomic mass is 16.5. The van der Waals surface area contributed by atoms with E-state index in [1.54, 1.807) is 21.1 Å². The minimum atomic E-state index is -0.119. The Bertz CT molecular complexity index is 725. The molecule has 5 atom stereocenters. The number of carbonyl (C=O) groups excluding carboxylic acids is 1. The number of esters is 1. The van der Waals surface area contributed by atoms with Crippen molar-refractivity contribution < 1.29 is 19.0 Å². The van der Waals surface area contributed by atoms with Crippen LogP contribution in [-0.4, -0.2) is 26.3 Å². The lowest BCUT2D eigenvalue weighted by atomic mass is 9.53. The van der Waals surface area contributed by atoms with Gasteiger partial charge in [0.15, 0.2) is 0 Å². The number of fused-ring (bicyclic) bond motifs is 5. The summed E-state index contributed by atoms with van der Waals surface area (Å²) in [5, 5.41) is 0. The Morgan fingerprint density at radius 2 is 1.96 bits per heavy atom. The van der Waals surface area contributed by atoms with Crippen LogP contribution in [0.1, 0.15) is 75.8 Å². The van der Waals surface area contributed by atoms with Crippen LogP contribution in [0.4, 0.5) is 0 Å². The smallest absolute Gasteiger partial charge is 0.302 e. The number of hydrogen-bond donors (Lipinski definition) is 0. The van der Waals surface area contributed by atoms with Crippen LogP contribution >= 0.6 is 0 Å². The molecule has 0 spiro atoms. The third kappa shape index (κ3) is 3.00. The number of carbonyl (C=O) groups is 1. The second-order valence-electron chi connectivity index (χ2n) is 9.02. The van der Waals surface area contributed by atoms with Crippen LogP contribution in [0, 0.1) is 17.3 Å². The molecule has 4 nitrogen and oxygen atoms in total. The molecule has 0 saturated heterocycles. The third-order valence-electron chi connectivity index (χ3n) is 7.87. The zero-order valence-corrected chi connectivity index (χ0v) is 17.8. The molecular weight excluding hydrogens is 352 g/mol. The molecule has 0 aliphatic heterocycles. The van der Waals surface area contributed by atoms with Crippen molar-refractivity contribution in [3.8, 4) is 11.5 Å². The number of aryl methyl sites for hydroxylation is 1. The van der Waals surface area contributed by atoms with Crippen molar-refractivity contribution in [2.75, 3.05) is 14.2 Å². The van der Waals surface area contributed by atoms with Gasteiger partial charge in [-0.1, -0.05) is 13.3 Å². The molecule has 154 valence electrons. The minimum Gasteiger partial charge on any atom is -0.497 e. The first-order valence-corrected chi connectivity index (χ1v) is 11.0. The van der Waals surface area contributed by atoms with E-state index in [1.807, 2.05) is 6.07 Å². The zero-order chi connectivity index (χ0) is 19.9. The number of ether oxygens (including phenoxy) is 3. The van der Waals surface area contributed by atoms with Crippen molar-refractivity contribution in [3.05, 3.63) is 23.3 Å². The predicted octanol–water partition coefficient (Wildman–Crippen LogP) is 5.27. The standard InChI is InChI=1S/C24H34O4/c1-5-11-24-12-10-19-18(20(24)8-9-22(24)28-15(2)25)7-6-16-13-17(26-3)14-21(27-4)23(16)19/h13-14,18-20,22H,5-12H2,1-4H3/t18-,19-,20-,22-,24-/m0/s1. The fourth-order valence-electron chi connectivity index (χ4n) is 7.02. The summed E-state index contributed by atoms with van der Waals surface area (Å²) in [7, 11) is 3.50. The van der Waals surface area contributed by atoms with Crippen molar-refractivity contribution in [2.24, 2.45) is 17.3 Å². The summed E-state index contributed by atoms with van der Waals surface area (Å²) in [5.41, 5.74) is 2.99. The van der Waals surface area contributed by atoms with Gasteiger partial charge in [0, 0.05) is 24.0 Å². The van der Waals surface area contributed by atoms with Gasteiger partial charge in [-0.2, -0.15) is 0 Å². The van der Waals surface area contributed by atoms with Gasteiger partial charge in [0.1, 0.15) is 17.6 Å². The van der Waals surface area contributed by atoms with E-state index in [2.05, 4.69) is 13.0 Å². The van der Waals surface area contributed by atoms with Crippen molar-refractivity contribution in [1.29, 1.82) is 0 Å². The third-order valence-corrected chi connectivity index (χ3v) is 7.87. The van der Waals surface area contributed by atoms with E-state index in [0.717, 1.165) is 43.6 Å². The Hall–Kier alpha value is -1.71. The monoisotopic (exact) mass is 386 g/mol. The number of methoxy groups -OCH3 is 2. The molecule has 0 N–H and O–H groups in total. The van der Waals surface area contributed by atoms with E-state index in [4.69, 9.17) is 14.2 Å². The van der Waals surface area contributed by atoms with Gasteiger partial charge in [-0.05, 0) is 74.3 Å². The summed E-state index contributed by atoms with van der Waals surface area (Å²) in [6.07, 6.45) is 9.27. The minimum absolute atomic E-state index is 0.107. The average Bonchev–Trinajstić information content (AvgIpc) is 3.04. The Morgan fingerprint density at radius 3 is 2.64 bits per heavy atom. The largest absolute Gasteiger partial charge is 0.497 e. The summed E-state index contributed by atoms with van der Waals surface area (Å²) >= 11 is 0. The highest BCUT2D eigenvalue weighted by molar-refractivity contribution is 5.66. The predicted molar refractivity (Wildman–Crippen MR) is 109 cm³/mol. The van der Waals surface area contributed by atoms with Gasteiger partial charge in [0.05, 0.1) is 14.2 Å². The lowest BCUT2D eigenvalue weighted by molar-refractivity contribution is -0.156. The van der Waals surface area contributed by atoms with E-state index >= 15 is 0 Å². The van der Waals surface area contributed by atoms with Crippen LogP contribution < -0.4 is 9.47 Å². The quantitative estimate of drug-likeness (QED) is 0.647. The second-order valence-corrected chi connectivity index (χ2v) is 9.02. The van der Waals surface area contributed by atoms with Gasteiger partial charge in [-0.3, -0.25) is 4.79 Å². The molecule has 0 amide bonds. The van der Waals surface area contributed by atoms with Gasteiger partial charge in [0.2, 0.25) is 0 Å². The zero-order valence-electron chi connectivity index (χ0n) is 17.8. The van der Waals surface area contributed by atoms with Crippen molar-refractivity contribution in [1.82, 2.24) is 0 Å². The summed E-state index contributed by atoms with van der Waals surface area (Å²) in [6, 6.07) is 4.25. The van der Waals surface area contributed by atoms with Crippen LogP contribution in [-0.2, 0) is 16.0 Å². The molecule has 0 heterocycles. The number of rotatable bonds is 5. The van der Waals surface area contributed by atoms with E-state index in [-0.39, 0.29) is 17.5 Å². The van der Waals surface area contributed by atoms with E-state index < -0.39 is 0 Å². The fraction of sp³-hybridized carbons (Fsp3) is 0.708. The maximum Gasteiger partial charge on any atom is 0.302 e. The molecule has 2 fully saturated rings. The molecule has 2 saturated carbocycles. The molecule has 0 bridgehead atoms. The Labute approximate surface area is 168 Å². The van der Waals surface area contributed by atoms with Gasteiger partial charge in [-0.25, -0.2) is 0 Å². The molecule has 0 radical (unpaired) electrons. The first kappa shape index (κ1) is 19.6. The average molecular weight is 387 g/mol. The molecular formula is C24H34O4. The highest BCUT2D eigenvalue weighted by Gasteiger charge is 2.58. The molecule has 0 unspecified atom stereocenters. The van der Waals surface area contributed by atoms with Crippen LogP contribution in [0.25, 0.3) is 0 Å². The molecule has 1 aromatic rings. The van der Waals surface area contributed by atoms with E-state index in [1.165, 1.54) is 30.4 Å². The lowest BCUT2D eigenvalue weighted by Gasteiger charge is -2.52. The topological polar surface area (TPSA) is 44.8 Å². The number of benzene rings is 1. The fourth-order valence-corrected chi connectivity index (χ4v) is 7.02. The van der Waals surface area contributed by atoms with Crippen molar-refractivity contribution in [2.45, 2.75) is 77.2 Å². The summed E-state index contributed by atoms with van der Waals surface area (Å²) in [6.45, 7) is 3.83. The normalized spacial score (nSPS) is 33.4. The van der Waals surface area contributed by atoms with Gasteiger partial charge in [-0.15, -0.1) is 0 Å². The first-order valence-electron chi connectivity index (χ1n) is 11.0. The molecule has 3 aliphatic carbocycles. The van der Waals surface area contributed by atoms with Gasteiger partial charge in [0.25, 0.3) is 0 Å². The lowest BCUT2D eigenvalue weighted by Crippen LogP contribution is -2.47. The summed E-state index contributed by atoms with van der Waals surface area (Å²) in [4.78, 5) is 11.8. The maximum absolute atomic E-state index is 11.8. The Balaban J connectivity index is 1.70.